The van der Waals surface area contributed by atoms with E-state index in [9.17, 15) is 19.8 Å². The predicted molar refractivity (Wildman–Crippen MR) is 324 cm³/mol. The van der Waals surface area contributed by atoms with Crippen molar-refractivity contribution in [3.8, 4) is 0 Å². The van der Waals surface area contributed by atoms with Gasteiger partial charge in [0.1, 0.15) is 0 Å². The van der Waals surface area contributed by atoms with Crippen LogP contribution in [0, 0.1) is 0 Å². The zero-order chi connectivity index (χ0) is 53.6. The second kappa shape index (κ2) is 64.1. The molecule has 2 unspecified atom stereocenters. The minimum atomic E-state index is -0.664. The lowest BCUT2D eigenvalue weighted by molar-refractivity contribution is -0.143. The quantitative estimate of drug-likeness (QED) is 0.0320. The molecule has 0 saturated heterocycles. The van der Waals surface area contributed by atoms with Crippen molar-refractivity contribution in [1.29, 1.82) is 0 Å². The zero-order valence-electron chi connectivity index (χ0n) is 50.4. The number of carbonyl (C=O) groups excluding carboxylic acids is 2. The van der Waals surface area contributed by atoms with Gasteiger partial charge < -0.3 is 20.3 Å². The average Bonchev–Trinajstić information content (AvgIpc) is 3.40. The van der Waals surface area contributed by atoms with Gasteiger partial charge in [0.15, 0.2) is 0 Å². The van der Waals surface area contributed by atoms with E-state index in [1.165, 1.54) is 315 Å². The number of hydrogen-bond acceptors (Lipinski definition) is 5. The lowest BCUT2D eigenvalue weighted by Gasteiger charge is -2.22. The Morgan fingerprint density at radius 2 is 0.635 bits per heavy atom. The summed E-state index contributed by atoms with van der Waals surface area (Å²) in [5, 5.41) is 23.3. The summed E-state index contributed by atoms with van der Waals surface area (Å²) in [5.74, 6) is -0.0152. The summed E-state index contributed by atoms with van der Waals surface area (Å²) in [6.45, 7) is 4.99. The Morgan fingerprint density at radius 3 is 0.959 bits per heavy atom. The number of allylic oxidation sites excluding steroid dienone is 2. The Morgan fingerprint density at radius 1 is 0.365 bits per heavy atom. The molecule has 440 valence electrons. The Hall–Kier alpha value is -1.40. The number of aliphatic hydroxyl groups is 2. The molecule has 0 saturated carbocycles. The largest absolute Gasteiger partial charge is 0.466 e. The van der Waals surface area contributed by atoms with Crippen molar-refractivity contribution in [2.75, 3.05) is 13.2 Å². The monoisotopic (exact) mass is 1040 g/mol. The molecule has 3 N–H and O–H groups in total. The number of aliphatic hydroxyl groups excluding tert-OH is 2. The van der Waals surface area contributed by atoms with E-state index in [1.54, 1.807) is 0 Å². The van der Waals surface area contributed by atoms with Crippen molar-refractivity contribution in [3.63, 3.8) is 0 Å². The molecule has 6 heteroatoms. The molecule has 0 fully saturated rings. The molecular formula is C68H133NO5. The van der Waals surface area contributed by atoms with E-state index in [-0.39, 0.29) is 18.5 Å². The standard InChI is InChI=1S/C68H133NO5/c1-3-5-7-9-11-13-15-17-19-34-38-42-46-50-54-58-62-68(73)74-63-59-55-51-47-43-39-35-31-29-27-25-23-21-20-22-24-26-28-30-33-37-41-45-49-53-57-61-67(72)69-65(64-70)66(71)60-56-52-48-44-40-36-32-18-16-14-12-10-8-6-4-2/h20,22,65-66,70-71H,3-19,21,23-64H2,1-2H3,(H,69,72)/b22-20-. The van der Waals surface area contributed by atoms with Gasteiger partial charge in [-0.25, -0.2) is 0 Å². The van der Waals surface area contributed by atoms with Crippen LogP contribution in [0.15, 0.2) is 12.2 Å². The maximum absolute atomic E-state index is 12.5. The highest BCUT2D eigenvalue weighted by molar-refractivity contribution is 5.76. The molecule has 0 aromatic heterocycles. The fourth-order valence-corrected chi connectivity index (χ4v) is 10.9. The highest BCUT2D eigenvalue weighted by Gasteiger charge is 2.20. The van der Waals surface area contributed by atoms with Crippen molar-refractivity contribution in [3.05, 3.63) is 12.2 Å². The van der Waals surface area contributed by atoms with Crippen LogP contribution in [0.1, 0.15) is 386 Å². The molecule has 0 spiro atoms. The molecule has 0 aromatic rings. The number of unbranched alkanes of at least 4 members (excludes halogenated alkanes) is 51. The third-order valence-electron chi connectivity index (χ3n) is 16.1. The van der Waals surface area contributed by atoms with Crippen LogP contribution in [0.2, 0.25) is 0 Å². The first-order valence-electron chi connectivity index (χ1n) is 33.9. The summed E-state index contributed by atoms with van der Waals surface area (Å²) in [6, 6.07) is -0.542. The molecule has 1 amide bonds. The molecule has 0 aliphatic rings. The first kappa shape index (κ1) is 72.6. The smallest absolute Gasteiger partial charge is 0.305 e. The van der Waals surface area contributed by atoms with E-state index >= 15 is 0 Å². The maximum atomic E-state index is 12.5. The molecule has 0 radical (unpaired) electrons. The Bertz CT molecular complexity index is 1110. The van der Waals surface area contributed by atoms with Crippen LogP contribution in [0.4, 0.5) is 0 Å². The third kappa shape index (κ3) is 59.8. The van der Waals surface area contributed by atoms with E-state index in [0.29, 0.717) is 25.9 Å². The minimum absolute atomic E-state index is 0.0187. The first-order valence-corrected chi connectivity index (χ1v) is 33.9. The van der Waals surface area contributed by atoms with Gasteiger partial charge in [-0.15, -0.1) is 0 Å². The van der Waals surface area contributed by atoms with E-state index in [0.717, 1.165) is 38.5 Å². The molecular weight excluding hydrogens is 911 g/mol. The van der Waals surface area contributed by atoms with Gasteiger partial charge in [-0.05, 0) is 51.4 Å². The van der Waals surface area contributed by atoms with Crippen LogP contribution in [-0.2, 0) is 14.3 Å². The molecule has 0 aliphatic heterocycles. The number of amides is 1. The normalized spacial score (nSPS) is 12.5. The van der Waals surface area contributed by atoms with Gasteiger partial charge in [0.25, 0.3) is 0 Å². The molecule has 0 aromatic carbocycles. The summed E-state index contributed by atoms with van der Waals surface area (Å²) < 4.78 is 5.50. The van der Waals surface area contributed by atoms with E-state index < -0.39 is 12.1 Å². The number of ether oxygens (including phenoxy) is 1. The van der Waals surface area contributed by atoms with Crippen molar-refractivity contribution in [1.82, 2.24) is 5.32 Å². The highest BCUT2D eigenvalue weighted by Crippen LogP contribution is 2.19. The van der Waals surface area contributed by atoms with Crippen molar-refractivity contribution < 1.29 is 24.5 Å². The second-order valence-corrected chi connectivity index (χ2v) is 23.5. The molecule has 0 aliphatic carbocycles. The van der Waals surface area contributed by atoms with Gasteiger partial charge in [0.05, 0.1) is 25.4 Å². The van der Waals surface area contributed by atoms with Crippen molar-refractivity contribution >= 4 is 11.9 Å². The van der Waals surface area contributed by atoms with Gasteiger partial charge in [-0.2, -0.15) is 0 Å². The van der Waals surface area contributed by atoms with Gasteiger partial charge in [-0.1, -0.05) is 334 Å². The van der Waals surface area contributed by atoms with Gasteiger partial charge >= 0.3 is 5.97 Å². The molecule has 0 bridgehead atoms. The summed E-state index contributed by atoms with van der Waals surface area (Å²) in [4.78, 5) is 24.6. The SMILES string of the molecule is CCCCCCCCCCCCCCCCCCC(=O)OCCCCCCCCCCCCCC/C=C\CCCCCCCCCCCCC(=O)NC(CO)C(O)CCCCCCCCCCCCCCCCC. The average molecular weight is 1040 g/mol. The molecule has 6 nitrogen and oxygen atoms in total. The van der Waals surface area contributed by atoms with Gasteiger partial charge in [-0.3, -0.25) is 9.59 Å². The molecule has 2 atom stereocenters. The number of nitrogens with one attached hydrogen (secondary N) is 1. The highest BCUT2D eigenvalue weighted by atomic mass is 16.5. The van der Waals surface area contributed by atoms with Crippen LogP contribution >= 0.6 is 0 Å². The topological polar surface area (TPSA) is 95.9 Å². The van der Waals surface area contributed by atoms with Crippen LogP contribution in [0.25, 0.3) is 0 Å². The van der Waals surface area contributed by atoms with Crippen molar-refractivity contribution in [2.45, 2.75) is 398 Å². The molecule has 0 rings (SSSR count). The van der Waals surface area contributed by atoms with Crippen LogP contribution in [-0.4, -0.2) is 47.4 Å². The summed E-state index contributed by atoms with van der Waals surface area (Å²) >= 11 is 0. The number of carbonyl (C=O) groups is 2. The lowest BCUT2D eigenvalue weighted by atomic mass is 10.0. The minimum Gasteiger partial charge on any atom is -0.466 e. The number of rotatable bonds is 64. The molecule has 0 heterocycles. The van der Waals surface area contributed by atoms with E-state index in [4.69, 9.17) is 4.74 Å². The summed E-state index contributed by atoms with van der Waals surface area (Å²) in [6.07, 6.45) is 78.2. The number of esters is 1. The fourth-order valence-electron chi connectivity index (χ4n) is 10.9. The summed E-state index contributed by atoms with van der Waals surface area (Å²) in [5.41, 5.74) is 0. The van der Waals surface area contributed by atoms with Crippen LogP contribution in [0.5, 0.6) is 0 Å². The first-order chi connectivity index (χ1) is 36.5. The van der Waals surface area contributed by atoms with Crippen LogP contribution < -0.4 is 5.32 Å². The van der Waals surface area contributed by atoms with E-state index in [2.05, 4.69) is 31.3 Å². The Balaban J connectivity index is 3.36. The Labute approximate surface area is 463 Å². The maximum Gasteiger partial charge on any atom is 0.305 e. The van der Waals surface area contributed by atoms with E-state index in [1.807, 2.05) is 0 Å². The number of hydrogen-bond donors (Lipinski definition) is 3. The second-order valence-electron chi connectivity index (χ2n) is 23.5. The predicted octanol–water partition coefficient (Wildman–Crippen LogP) is 21.6. The van der Waals surface area contributed by atoms with Gasteiger partial charge in [0.2, 0.25) is 5.91 Å². The van der Waals surface area contributed by atoms with Crippen molar-refractivity contribution in [2.24, 2.45) is 0 Å². The van der Waals surface area contributed by atoms with Gasteiger partial charge in [0, 0.05) is 12.8 Å². The third-order valence-corrected chi connectivity index (χ3v) is 16.1. The fraction of sp³-hybridized carbons (Fsp3) is 0.941. The lowest BCUT2D eigenvalue weighted by Crippen LogP contribution is -2.45. The Kier molecular flexibility index (Phi) is 62.9. The van der Waals surface area contributed by atoms with Crippen LogP contribution in [0.3, 0.4) is 0 Å². The molecule has 74 heavy (non-hydrogen) atoms. The zero-order valence-corrected chi connectivity index (χ0v) is 50.4. The summed E-state index contributed by atoms with van der Waals surface area (Å²) in [7, 11) is 0.